The number of allylic oxidation sites excluding steroid dienone is 1. The van der Waals surface area contributed by atoms with E-state index in [0.29, 0.717) is 12.0 Å². The van der Waals surface area contributed by atoms with Crippen LogP contribution in [0.25, 0.3) is 0 Å². The number of hydrogen-bond acceptors (Lipinski definition) is 7. The second-order valence-corrected chi connectivity index (χ2v) is 7.98. The van der Waals surface area contributed by atoms with E-state index in [1.165, 1.54) is 6.92 Å². The average molecular weight is 369 g/mol. The van der Waals surface area contributed by atoms with E-state index in [1.807, 2.05) is 0 Å². The van der Waals surface area contributed by atoms with Crippen LogP contribution >= 0.6 is 0 Å². The van der Waals surface area contributed by atoms with Crippen LogP contribution in [0.3, 0.4) is 0 Å². The SMILES string of the molecule is CC=C1C[C@@H](C)[C@@](C)(O)C(=O)OC[C@@H]2[C@@H]3[C@@H](CC[N+]3([O-])C[C@H]2O)OC1=O. The zero-order valence-electron chi connectivity index (χ0n) is 15.4. The number of carbonyl (C=O) groups is 2. The van der Waals surface area contributed by atoms with E-state index in [4.69, 9.17) is 9.47 Å². The Kier molecular flexibility index (Phi) is 4.89. The van der Waals surface area contributed by atoms with Crippen LogP contribution in [-0.2, 0) is 19.1 Å². The number of ether oxygens (including phenoxy) is 2. The van der Waals surface area contributed by atoms with E-state index < -0.39 is 52.3 Å². The van der Waals surface area contributed by atoms with Gasteiger partial charge in [-0.3, -0.25) is 0 Å². The van der Waals surface area contributed by atoms with E-state index in [-0.39, 0.29) is 26.1 Å². The van der Waals surface area contributed by atoms with Gasteiger partial charge in [-0.2, -0.15) is 0 Å². The van der Waals surface area contributed by atoms with Gasteiger partial charge in [0, 0.05) is 12.0 Å². The smallest absolute Gasteiger partial charge is 0.338 e. The van der Waals surface area contributed by atoms with Crippen molar-refractivity contribution in [3.63, 3.8) is 0 Å². The molecule has 0 radical (unpaired) electrons. The summed E-state index contributed by atoms with van der Waals surface area (Å²) in [7, 11) is 0. The molecule has 8 heteroatoms. The van der Waals surface area contributed by atoms with E-state index in [2.05, 4.69) is 0 Å². The highest BCUT2D eigenvalue weighted by molar-refractivity contribution is 5.89. The van der Waals surface area contributed by atoms with E-state index >= 15 is 0 Å². The summed E-state index contributed by atoms with van der Waals surface area (Å²) in [5.74, 6) is -2.55. The van der Waals surface area contributed by atoms with Crippen molar-refractivity contribution in [3.05, 3.63) is 16.9 Å². The number of rotatable bonds is 0. The number of cyclic esters (lactones) is 1. The molecule has 0 bridgehead atoms. The fraction of sp³-hybridized carbons (Fsp3) is 0.778. The number of carbonyl (C=O) groups excluding carboxylic acids is 2. The topological polar surface area (TPSA) is 116 Å². The normalized spacial score (nSPS) is 48.4. The summed E-state index contributed by atoms with van der Waals surface area (Å²) in [6, 6.07) is -0.665. The molecule has 146 valence electrons. The minimum Gasteiger partial charge on any atom is -0.632 e. The maximum Gasteiger partial charge on any atom is 0.338 e. The van der Waals surface area contributed by atoms with Gasteiger partial charge in [0.15, 0.2) is 11.7 Å². The quantitative estimate of drug-likeness (QED) is 0.272. The third kappa shape index (κ3) is 3.05. The first kappa shape index (κ1) is 19.3. The van der Waals surface area contributed by atoms with Crippen molar-refractivity contribution in [1.29, 1.82) is 0 Å². The second-order valence-electron chi connectivity index (χ2n) is 7.98. The molecule has 3 aliphatic heterocycles. The third-order valence-electron chi connectivity index (χ3n) is 6.32. The summed E-state index contributed by atoms with van der Waals surface area (Å²) in [5.41, 5.74) is -1.45. The molecule has 8 nitrogen and oxygen atoms in total. The van der Waals surface area contributed by atoms with Gasteiger partial charge >= 0.3 is 11.9 Å². The van der Waals surface area contributed by atoms with Crippen LogP contribution in [0.1, 0.15) is 33.6 Å². The molecule has 2 N–H and O–H groups in total. The third-order valence-corrected chi connectivity index (χ3v) is 6.32. The van der Waals surface area contributed by atoms with Gasteiger partial charge in [0.25, 0.3) is 0 Å². The average Bonchev–Trinajstić information content (AvgIpc) is 3.00. The summed E-state index contributed by atoms with van der Waals surface area (Å²) in [5, 5.41) is 33.9. The molecule has 0 amide bonds. The molecule has 0 spiro atoms. The van der Waals surface area contributed by atoms with Gasteiger partial charge in [0.2, 0.25) is 0 Å². The van der Waals surface area contributed by atoms with Crippen LogP contribution in [-0.4, -0.2) is 70.3 Å². The first-order valence-corrected chi connectivity index (χ1v) is 9.11. The van der Waals surface area contributed by atoms with Gasteiger partial charge in [0.05, 0.1) is 12.5 Å². The summed E-state index contributed by atoms with van der Waals surface area (Å²) in [4.78, 5) is 25.0. The van der Waals surface area contributed by atoms with Crippen molar-refractivity contribution in [2.75, 3.05) is 19.7 Å². The van der Waals surface area contributed by atoms with Crippen molar-refractivity contribution in [1.82, 2.24) is 0 Å². The Morgan fingerprint density at radius 3 is 2.73 bits per heavy atom. The molecule has 3 aliphatic rings. The maximum atomic E-state index is 13.0. The lowest BCUT2D eigenvalue weighted by molar-refractivity contribution is -0.884. The number of quaternary nitrogens is 1. The molecule has 26 heavy (non-hydrogen) atoms. The van der Waals surface area contributed by atoms with Crippen LogP contribution in [0.5, 0.6) is 0 Å². The first-order chi connectivity index (χ1) is 12.1. The number of aliphatic hydroxyl groups excluding tert-OH is 1. The number of hydrogen-bond donors (Lipinski definition) is 2. The Labute approximate surface area is 152 Å². The van der Waals surface area contributed by atoms with Crippen LogP contribution in [0, 0.1) is 17.0 Å². The number of hydroxylamine groups is 3. The highest BCUT2D eigenvalue weighted by Crippen LogP contribution is 2.42. The lowest BCUT2D eigenvalue weighted by Gasteiger charge is -2.40. The Hall–Kier alpha value is -1.48. The molecule has 0 aromatic rings. The van der Waals surface area contributed by atoms with E-state index in [9.17, 15) is 25.0 Å². The molecule has 0 saturated carbocycles. The maximum absolute atomic E-state index is 13.0. The molecular formula is C18H27NO7. The monoisotopic (exact) mass is 369 g/mol. The minimum atomic E-state index is -1.80. The highest BCUT2D eigenvalue weighted by Gasteiger charge is 2.58. The van der Waals surface area contributed by atoms with Crippen LogP contribution < -0.4 is 0 Å². The molecule has 3 heterocycles. The van der Waals surface area contributed by atoms with Gasteiger partial charge < -0.3 is 29.5 Å². The zero-order chi connectivity index (χ0) is 19.3. The number of esters is 2. The fourth-order valence-corrected chi connectivity index (χ4v) is 4.40. The van der Waals surface area contributed by atoms with Gasteiger partial charge in [-0.1, -0.05) is 13.0 Å². The molecule has 3 fully saturated rings. The fourth-order valence-electron chi connectivity index (χ4n) is 4.40. The van der Waals surface area contributed by atoms with Crippen molar-refractivity contribution in [2.45, 2.75) is 57.5 Å². The van der Waals surface area contributed by atoms with Gasteiger partial charge in [-0.05, 0) is 26.2 Å². The minimum absolute atomic E-state index is 0.00972. The summed E-state index contributed by atoms with van der Waals surface area (Å²) in [6.45, 7) is 4.76. The Morgan fingerprint density at radius 1 is 1.38 bits per heavy atom. The molecular weight excluding hydrogens is 342 g/mol. The number of nitrogens with zero attached hydrogens (tertiary/aromatic N) is 1. The predicted molar refractivity (Wildman–Crippen MR) is 90.3 cm³/mol. The molecule has 7 atom stereocenters. The standard InChI is InChI=1S/C18H27NO7/c1-4-11-7-10(2)18(3,23)17(22)25-9-12-13(20)8-19(24)6-5-14(15(12)19)26-16(11)21/h4,10,12-15,20,23H,5-9H2,1-3H3/t10-,12+,13-,14-,15-,18-,19?/m1/s1. The van der Waals surface area contributed by atoms with Gasteiger partial charge in [-0.15, -0.1) is 0 Å². The molecule has 1 unspecified atom stereocenters. The van der Waals surface area contributed by atoms with Crippen molar-refractivity contribution >= 4 is 11.9 Å². The van der Waals surface area contributed by atoms with Crippen LogP contribution in [0.15, 0.2) is 11.6 Å². The molecule has 0 aromatic heterocycles. The largest absolute Gasteiger partial charge is 0.632 e. The molecule has 3 rings (SSSR count). The second kappa shape index (κ2) is 6.60. The zero-order valence-corrected chi connectivity index (χ0v) is 15.4. The Morgan fingerprint density at radius 2 is 2.08 bits per heavy atom. The molecule has 0 aromatic carbocycles. The van der Waals surface area contributed by atoms with Crippen molar-refractivity contribution in [2.24, 2.45) is 11.8 Å². The lowest BCUT2D eigenvalue weighted by Crippen LogP contribution is -2.50. The van der Waals surface area contributed by atoms with E-state index in [0.717, 1.165) is 0 Å². The first-order valence-electron chi connectivity index (χ1n) is 9.11. The van der Waals surface area contributed by atoms with Crippen LogP contribution in [0.2, 0.25) is 0 Å². The van der Waals surface area contributed by atoms with Crippen molar-refractivity contribution in [3.8, 4) is 0 Å². The number of aliphatic hydroxyl groups is 2. The molecule has 0 aliphatic carbocycles. The Bertz CT molecular complexity index is 631. The van der Waals surface area contributed by atoms with Gasteiger partial charge in [-0.25, -0.2) is 9.59 Å². The van der Waals surface area contributed by atoms with Crippen molar-refractivity contribution < 1.29 is 33.9 Å². The predicted octanol–water partition coefficient (Wildman–Crippen LogP) is 0.256. The van der Waals surface area contributed by atoms with Crippen LogP contribution in [0.4, 0.5) is 0 Å². The van der Waals surface area contributed by atoms with Gasteiger partial charge in [0.1, 0.15) is 25.3 Å². The Balaban J connectivity index is 1.95. The molecule has 3 saturated heterocycles. The summed E-state index contributed by atoms with van der Waals surface area (Å²) >= 11 is 0. The highest BCUT2D eigenvalue weighted by atomic mass is 16.6. The lowest BCUT2D eigenvalue weighted by atomic mass is 9.85. The summed E-state index contributed by atoms with van der Waals surface area (Å²) in [6.07, 6.45) is 0.602. The summed E-state index contributed by atoms with van der Waals surface area (Å²) < 4.78 is 10.3. The van der Waals surface area contributed by atoms with E-state index in [1.54, 1.807) is 19.9 Å².